The lowest BCUT2D eigenvalue weighted by atomic mass is 9.92. The topological polar surface area (TPSA) is 121 Å². The molecule has 0 spiro atoms. The number of hydrogen-bond donors (Lipinski definition) is 1. The maximum Gasteiger partial charge on any atom is 0.211 e. The molecule has 5 rings (SSSR count). The normalized spacial score (nSPS) is 27.3. The molecular formula is C19H21N7O2S. The Morgan fingerprint density at radius 3 is 2.76 bits per heavy atom. The summed E-state index contributed by atoms with van der Waals surface area (Å²) in [5.74, 6) is 0.502. The highest BCUT2D eigenvalue weighted by atomic mass is 32.2. The Bertz CT molecular complexity index is 1210. The van der Waals surface area contributed by atoms with Gasteiger partial charge in [0.2, 0.25) is 10.0 Å². The van der Waals surface area contributed by atoms with Crippen LogP contribution in [0.3, 0.4) is 0 Å². The summed E-state index contributed by atoms with van der Waals surface area (Å²) in [6.45, 7) is 1.06. The predicted molar refractivity (Wildman–Crippen MR) is 106 cm³/mol. The van der Waals surface area contributed by atoms with Gasteiger partial charge in [-0.2, -0.15) is 10.4 Å². The van der Waals surface area contributed by atoms with Crippen LogP contribution in [0.15, 0.2) is 31.0 Å². The molecule has 1 unspecified atom stereocenters. The Hall–Kier alpha value is -2.77. The van der Waals surface area contributed by atoms with E-state index in [0.717, 1.165) is 35.1 Å². The highest BCUT2D eigenvalue weighted by Gasteiger charge is 2.52. The van der Waals surface area contributed by atoms with Gasteiger partial charge in [-0.1, -0.05) is 0 Å². The minimum atomic E-state index is -3.18. The number of fused-ring (bicyclic) bond motifs is 2. The van der Waals surface area contributed by atoms with Gasteiger partial charge >= 0.3 is 0 Å². The van der Waals surface area contributed by atoms with E-state index in [1.807, 2.05) is 23.1 Å². The van der Waals surface area contributed by atoms with Gasteiger partial charge in [-0.3, -0.25) is 4.68 Å². The zero-order valence-electron chi connectivity index (χ0n) is 16.0. The number of nitrogens with one attached hydrogen (secondary N) is 1. The lowest BCUT2D eigenvalue weighted by Crippen LogP contribution is -2.35. The minimum Gasteiger partial charge on any atom is -0.346 e. The molecule has 3 aromatic rings. The molecule has 2 aliphatic rings. The Morgan fingerprint density at radius 1 is 1.31 bits per heavy atom. The fourth-order valence-corrected chi connectivity index (χ4v) is 5.98. The van der Waals surface area contributed by atoms with E-state index in [9.17, 15) is 13.7 Å². The molecule has 0 radical (unpaired) electrons. The molecular weight excluding hydrogens is 390 g/mol. The number of aromatic amines is 1. The molecule has 29 heavy (non-hydrogen) atoms. The van der Waals surface area contributed by atoms with Crippen LogP contribution in [-0.2, 0) is 15.6 Å². The molecule has 9 nitrogen and oxygen atoms in total. The van der Waals surface area contributed by atoms with E-state index in [1.54, 1.807) is 10.5 Å². The third kappa shape index (κ3) is 2.92. The molecule has 10 heteroatoms. The summed E-state index contributed by atoms with van der Waals surface area (Å²) >= 11 is 0. The van der Waals surface area contributed by atoms with Gasteiger partial charge in [0.25, 0.3) is 0 Å². The second-order valence-corrected chi connectivity index (χ2v) is 10.2. The highest BCUT2D eigenvalue weighted by molar-refractivity contribution is 7.88. The van der Waals surface area contributed by atoms with Gasteiger partial charge in [-0.05, 0) is 30.7 Å². The second-order valence-electron chi connectivity index (χ2n) is 8.20. The average molecular weight is 411 g/mol. The number of nitrogens with zero attached hydrogens (tertiary/aromatic N) is 6. The summed E-state index contributed by atoms with van der Waals surface area (Å²) < 4.78 is 27.3. The van der Waals surface area contributed by atoms with Crippen molar-refractivity contribution in [2.45, 2.75) is 24.8 Å². The smallest absolute Gasteiger partial charge is 0.211 e. The molecule has 2 fully saturated rings. The Kier molecular flexibility index (Phi) is 4.01. The van der Waals surface area contributed by atoms with Crippen LogP contribution in [0.5, 0.6) is 0 Å². The molecule has 1 saturated carbocycles. The lowest BCUT2D eigenvalue weighted by Gasteiger charge is -2.29. The van der Waals surface area contributed by atoms with Crippen LogP contribution >= 0.6 is 0 Å². The van der Waals surface area contributed by atoms with Crippen LogP contribution in [0, 0.1) is 23.2 Å². The van der Waals surface area contributed by atoms with Crippen LogP contribution < -0.4 is 0 Å². The van der Waals surface area contributed by atoms with Gasteiger partial charge in [0.05, 0.1) is 36.2 Å². The van der Waals surface area contributed by atoms with Crippen molar-refractivity contribution in [2.24, 2.45) is 11.8 Å². The summed E-state index contributed by atoms with van der Waals surface area (Å²) in [7, 11) is -3.18. The number of hydrogen-bond acceptors (Lipinski definition) is 6. The number of rotatable bonds is 4. The number of aromatic nitrogens is 5. The van der Waals surface area contributed by atoms with Gasteiger partial charge < -0.3 is 4.98 Å². The molecule has 150 valence electrons. The fourth-order valence-electron chi connectivity index (χ4n) is 5.05. The van der Waals surface area contributed by atoms with Gasteiger partial charge in [-0.15, -0.1) is 0 Å². The Morgan fingerprint density at radius 2 is 2.07 bits per heavy atom. The summed E-state index contributed by atoms with van der Waals surface area (Å²) in [6, 6.07) is 4.27. The zero-order valence-corrected chi connectivity index (χ0v) is 16.8. The van der Waals surface area contributed by atoms with Gasteiger partial charge in [0.1, 0.15) is 12.0 Å². The largest absolute Gasteiger partial charge is 0.346 e. The quantitative estimate of drug-likeness (QED) is 0.698. The van der Waals surface area contributed by atoms with Crippen molar-refractivity contribution in [3.05, 3.63) is 31.0 Å². The van der Waals surface area contributed by atoms with E-state index in [-0.39, 0.29) is 11.8 Å². The van der Waals surface area contributed by atoms with E-state index in [2.05, 4.69) is 26.1 Å². The van der Waals surface area contributed by atoms with E-state index in [0.29, 0.717) is 19.5 Å². The molecule has 1 N–H and O–H groups in total. The summed E-state index contributed by atoms with van der Waals surface area (Å²) in [4.78, 5) is 11.7. The molecule has 1 aliphatic carbocycles. The Labute approximate surface area is 168 Å². The van der Waals surface area contributed by atoms with Crippen molar-refractivity contribution < 1.29 is 8.42 Å². The van der Waals surface area contributed by atoms with Gasteiger partial charge in [0, 0.05) is 36.4 Å². The first kappa shape index (κ1) is 18.3. The Balaban J connectivity index is 1.47. The number of sulfonamides is 1. The van der Waals surface area contributed by atoms with Crippen LogP contribution in [0.25, 0.3) is 22.3 Å². The van der Waals surface area contributed by atoms with Crippen LogP contribution in [0.1, 0.15) is 19.3 Å². The van der Waals surface area contributed by atoms with Crippen molar-refractivity contribution in [3.8, 4) is 17.3 Å². The van der Waals surface area contributed by atoms with E-state index < -0.39 is 15.6 Å². The van der Waals surface area contributed by atoms with Crippen molar-refractivity contribution in [3.63, 3.8) is 0 Å². The van der Waals surface area contributed by atoms with Crippen molar-refractivity contribution in [2.75, 3.05) is 19.3 Å². The average Bonchev–Trinajstić information content (AvgIpc) is 3.42. The second kappa shape index (κ2) is 6.37. The highest BCUT2D eigenvalue weighted by Crippen LogP contribution is 2.50. The number of H-pyrrole nitrogens is 1. The minimum absolute atomic E-state index is 0.251. The van der Waals surface area contributed by atoms with Crippen LogP contribution in [0.2, 0.25) is 0 Å². The first-order valence-corrected chi connectivity index (χ1v) is 11.4. The van der Waals surface area contributed by atoms with E-state index in [1.165, 1.54) is 12.6 Å². The maximum atomic E-state index is 11.9. The first-order valence-electron chi connectivity index (χ1n) is 9.55. The van der Waals surface area contributed by atoms with Gasteiger partial charge in [0.15, 0.2) is 0 Å². The summed E-state index contributed by atoms with van der Waals surface area (Å²) in [6.07, 6.45) is 10.2. The summed E-state index contributed by atoms with van der Waals surface area (Å²) in [5.41, 5.74) is 2.04. The molecule has 1 aliphatic heterocycles. The molecule has 3 atom stereocenters. The van der Waals surface area contributed by atoms with Crippen LogP contribution in [0.4, 0.5) is 0 Å². The van der Waals surface area contributed by atoms with E-state index >= 15 is 0 Å². The lowest BCUT2D eigenvalue weighted by molar-refractivity contribution is 0.240. The zero-order chi connectivity index (χ0) is 20.2. The van der Waals surface area contributed by atoms with Gasteiger partial charge in [-0.25, -0.2) is 22.7 Å². The first-order chi connectivity index (χ1) is 13.9. The fraction of sp³-hybridized carbons (Fsp3) is 0.474. The SMILES string of the molecule is CS(=O)(=O)N1C[C@@H]2CC(CC#N)(n3cc(-c4ncnc5[nH]ccc45)cn3)C[C@@H]2C1. The van der Waals surface area contributed by atoms with Crippen molar-refractivity contribution in [1.82, 2.24) is 29.0 Å². The predicted octanol–water partition coefficient (Wildman–Crippen LogP) is 1.73. The molecule has 0 bridgehead atoms. The van der Waals surface area contributed by atoms with E-state index in [4.69, 9.17) is 0 Å². The standard InChI is InChI=1S/C19H21N7O2S/c1-29(27,28)25-9-13-6-19(3-4-20,7-14(13)10-25)26-11-15(8-24-26)17-16-2-5-21-18(16)23-12-22-17/h2,5,8,11-14H,3,6-7,9-10H2,1H3,(H,21,22,23)/t13-,14+,19?. The van der Waals surface area contributed by atoms with Crippen molar-refractivity contribution in [1.29, 1.82) is 5.26 Å². The molecule has 3 aromatic heterocycles. The monoisotopic (exact) mass is 411 g/mol. The number of nitriles is 1. The third-order valence-electron chi connectivity index (χ3n) is 6.40. The summed E-state index contributed by atoms with van der Waals surface area (Å²) in [5, 5.41) is 15.1. The third-order valence-corrected chi connectivity index (χ3v) is 7.64. The molecule has 0 amide bonds. The molecule has 4 heterocycles. The van der Waals surface area contributed by atoms with Crippen molar-refractivity contribution >= 4 is 21.1 Å². The molecule has 1 saturated heterocycles. The molecule has 0 aromatic carbocycles. The van der Waals surface area contributed by atoms with Crippen LogP contribution in [-0.4, -0.2) is 56.8 Å². The maximum absolute atomic E-state index is 11.9.